The van der Waals surface area contributed by atoms with Crippen LogP contribution in [0.5, 0.6) is 0 Å². The van der Waals surface area contributed by atoms with Crippen LogP contribution in [-0.2, 0) is 4.79 Å². The van der Waals surface area contributed by atoms with Crippen LogP contribution < -0.4 is 10.6 Å². The lowest BCUT2D eigenvalue weighted by molar-refractivity contribution is -0.435. The fraction of sp³-hybridized carbons (Fsp3) is 0.273. The summed E-state index contributed by atoms with van der Waals surface area (Å²) in [6, 6.07) is -2.07. The zero-order chi connectivity index (χ0) is 16.9. The molecule has 0 aromatic heterocycles. The first-order valence-electron chi connectivity index (χ1n) is 5.92. The van der Waals surface area contributed by atoms with Crippen LogP contribution in [0, 0.1) is 20.2 Å². The number of nitrogens with one attached hydrogen (secondary N) is 2. The average molecular weight is 312 g/mol. The summed E-state index contributed by atoms with van der Waals surface area (Å²) < 4.78 is 0. The molecule has 1 atom stereocenters. The Kier molecular flexibility index (Phi) is 5.32. The van der Waals surface area contributed by atoms with Gasteiger partial charge in [0.05, 0.1) is 22.3 Å². The second-order valence-corrected chi connectivity index (χ2v) is 4.24. The minimum Gasteiger partial charge on any atom is -0.480 e. The molecule has 0 bridgehead atoms. The second kappa shape index (κ2) is 6.97. The predicted molar refractivity (Wildman–Crippen MR) is 71.6 cm³/mol. The van der Waals surface area contributed by atoms with Crippen LogP contribution in [0.15, 0.2) is 35.3 Å². The third kappa shape index (κ3) is 4.70. The molecule has 3 N–H and O–H groups in total. The van der Waals surface area contributed by atoms with Crippen molar-refractivity contribution >= 4 is 12.0 Å². The molecule has 0 aromatic rings. The average Bonchev–Trinajstić information content (AvgIpc) is 2.61. The Labute approximate surface area is 123 Å². The van der Waals surface area contributed by atoms with Gasteiger partial charge in [0, 0.05) is 11.8 Å². The Hall–Kier alpha value is -3.24. The number of amides is 2. The quantitative estimate of drug-likeness (QED) is 0.487. The van der Waals surface area contributed by atoms with Gasteiger partial charge in [0.15, 0.2) is 0 Å². The topological polar surface area (TPSA) is 165 Å². The first-order chi connectivity index (χ1) is 10.2. The highest BCUT2D eigenvalue weighted by Gasteiger charge is 2.21. The third-order valence-corrected chi connectivity index (χ3v) is 2.57. The maximum Gasteiger partial charge on any atom is 0.325 e. The lowest BCUT2D eigenvalue weighted by Gasteiger charge is -2.10. The maximum atomic E-state index is 11.6. The fourth-order valence-electron chi connectivity index (χ4n) is 1.45. The first-order valence-corrected chi connectivity index (χ1v) is 5.92. The molecule has 0 radical (unpaired) electrons. The van der Waals surface area contributed by atoms with Crippen molar-refractivity contribution in [3.63, 3.8) is 0 Å². The summed E-state index contributed by atoms with van der Waals surface area (Å²) in [6.07, 6.45) is 2.73. The van der Waals surface area contributed by atoms with Crippen molar-refractivity contribution in [1.82, 2.24) is 10.6 Å². The second-order valence-electron chi connectivity index (χ2n) is 4.24. The number of nitro groups is 2. The van der Waals surface area contributed by atoms with Gasteiger partial charge >= 0.3 is 12.0 Å². The number of urea groups is 1. The molecule has 11 heteroatoms. The smallest absolute Gasteiger partial charge is 0.325 e. The van der Waals surface area contributed by atoms with Gasteiger partial charge in [0.25, 0.3) is 11.4 Å². The van der Waals surface area contributed by atoms with Gasteiger partial charge in [-0.2, -0.15) is 0 Å². The predicted octanol–water partition coefficient (Wildman–Crippen LogP) is 0.367. The summed E-state index contributed by atoms with van der Waals surface area (Å²) >= 11 is 0. The van der Waals surface area contributed by atoms with Gasteiger partial charge < -0.3 is 15.7 Å². The van der Waals surface area contributed by atoms with Gasteiger partial charge in [-0.1, -0.05) is 0 Å². The minimum atomic E-state index is -1.26. The van der Waals surface area contributed by atoms with E-state index in [0.717, 1.165) is 12.2 Å². The summed E-state index contributed by atoms with van der Waals surface area (Å²) in [6.45, 7) is 1.23. The summed E-state index contributed by atoms with van der Waals surface area (Å²) in [5, 5.41) is 34.5. The molecule has 1 aliphatic carbocycles. The highest BCUT2D eigenvalue weighted by atomic mass is 16.6. The Morgan fingerprint density at radius 3 is 2.41 bits per heavy atom. The number of hydrogen-bond donors (Lipinski definition) is 3. The molecule has 1 rings (SSSR count). The number of rotatable bonds is 5. The van der Waals surface area contributed by atoms with E-state index in [4.69, 9.17) is 5.11 Å². The van der Waals surface area contributed by atoms with Crippen LogP contribution in [0.2, 0.25) is 0 Å². The van der Waals surface area contributed by atoms with Gasteiger partial charge in [0.2, 0.25) is 0 Å². The van der Waals surface area contributed by atoms with Crippen molar-refractivity contribution < 1.29 is 24.5 Å². The first kappa shape index (κ1) is 16.8. The van der Waals surface area contributed by atoms with E-state index in [1.54, 1.807) is 0 Å². The van der Waals surface area contributed by atoms with Crippen molar-refractivity contribution in [2.45, 2.75) is 19.4 Å². The number of carbonyl (C=O) groups is 2. The molecule has 118 valence electrons. The van der Waals surface area contributed by atoms with Crippen molar-refractivity contribution in [2.75, 3.05) is 0 Å². The van der Waals surface area contributed by atoms with Gasteiger partial charge in [-0.3, -0.25) is 25.0 Å². The van der Waals surface area contributed by atoms with Crippen LogP contribution in [-0.4, -0.2) is 33.0 Å². The van der Waals surface area contributed by atoms with Crippen LogP contribution in [0.25, 0.3) is 0 Å². The Morgan fingerprint density at radius 2 is 1.91 bits per heavy atom. The number of allylic oxidation sites excluding steroid dienone is 3. The van der Waals surface area contributed by atoms with Gasteiger partial charge in [-0.05, 0) is 13.0 Å². The molecule has 0 aromatic carbocycles. The highest BCUT2D eigenvalue weighted by molar-refractivity contribution is 5.83. The zero-order valence-corrected chi connectivity index (χ0v) is 11.3. The molecule has 0 unspecified atom stereocenters. The molecule has 22 heavy (non-hydrogen) atoms. The zero-order valence-electron chi connectivity index (χ0n) is 11.3. The molecule has 0 heterocycles. The largest absolute Gasteiger partial charge is 0.480 e. The molecule has 1 aliphatic rings. The molecule has 0 saturated heterocycles. The van der Waals surface area contributed by atoms with E-state index in [1.807, 2.05) is 0 Å². The maximum absolute atomic E-state index is 11.6. The number of carbonyl (C=O) groups excluding carboxylic acids is 1. The lowest BCUT2D eigenvalue weighted by Crippen LogP contribution is -2.43. The number of carboxylic acids is 1. The van der Waals surface area contributed by atoms with Crippen LogP contribution >= 0.6 is 0 Å². The van der Waals surface area contributed by atoms with Gasteiger partial charge in [-0.15, -0.1) is 0 Å². The van der Waals surface area contributed by atoms with Crippen molar-refractivity contribution in [2.24, 2.45) is 0 Å². The molecule has 11 nitrogen and oxygen atoms in total. The van der Waals surface area contributed by atoms with Crippen LogP contribution in [0.4, 0.5) is 4.79 Å². The van der Waals surface area contributed by atoms with Crippen molar-refractivity contribution in [3.05, 3.63) is 55.5 Å². The number of aliphatic carboxylic acids is 1. The van der Waals surface area contributed by atoms with Crippen molar-refractivity contribution in [1.29, 1.82) is 0 Å². The normalized spacial score (nSPS) is 15.4. The van der Waals surface area contributed by atoms with E-state index in [9.17, 15) is 29.8 Å². The summed E-state index contributed by atoms with van der Waals surface area (Å²) in [4.78, 5) is 42.1. The Balaban J connectivity index is 2.90. The van der Waals surface area contributed by atoms with Crippen LogP contribution in [0.1, 0.15) is 13.3 Å². The van der Waals surface area contributed by atoms with E-state index in [0.29, 0.717) is 0 Å². The molecule has 0 spiro atoms. The van der Waals surface area contributed by atoms with Gasteiger partial charge in [-0.25, -0.2) is 4.79 Å². The highest BCUT2D eigenvalue weighted by Crippen LogP contribution is 2.16. The SMILES string of the molecule is C[C@H](NC(=O)NC1=CCC([N+](=O)[O-])=CC([N+](=O)[O-])=C1)C(=O)O. The lowest BCUT2D eigenvalue weighted by atomic mass is 10.3. The Morgan fingerprint density at radius 1 is 1.27 bits per heavy atom. The van der Waals surface area contributed by atoms with E-state index in [-0.39, 0.29) is 12.1 Å². The molecule has 0 saturated carbocycles. The number of carboxylic acid groups (broad SMARTS) is 1. The standard InChI is InChI=1S/C11H12N4O7/c1-6(10(16)17)12-11(18)13-7-2-3-8(14(19)20)5-9(4-7)15(21)22/h2,4-6H,3H2,1H3,(H,16,17)(H2,12,13,18)/t6-/m0/s1. The molecule has 2 amide bonds. The number of hydrogen-bond acceptors (Lipinski definition) is 6. The van der Waals surface area contributed by atoms with Crippen LogP contribution in [0.3, 0.4) is 0 Å². The van der Waals surface area contributed by atoms with Crippen molar-refractivity contribution in [3.8, 4) is 0 Å². The Bertz CT molecular complexity index is 620. The van der Waals surface area contributed by atoms with E-state index >= 15 is 0 Å². The summed E-state index contributed by atoms with van der Waals surface area (Å²) in [5.41, 5.74) is -1.02. The molecule has 0 fully saturated rings. The van der Waals surface area contributed by atoms with E-state index in [2.05, 4.69) is 10.6 Å². The molecule has 0 aliphatic heterocycles. The molecular weight excluding hydrogens is 300 g/mol. The minimum absolute atomic E-state index is 0.0464. The van der Waals surface area contributed by atoms with E-state index < -0.39 is 39.3 Å². The fourth-order valence-corrected chi connectivity index (χ4v) is 1.45. The van der Waals surface area contributed by atoms with E-state index in [1.165, 1.54) is 13.0 Å². The van der Waals surface area contributed by atoms with Gasteiger partial charge in [0.1, 0.15) is 6.04 Å². The number of nitrogens with zero attached hydrogens (tertiary/aromatic N) is 2. The summed E-state index contributed by atoms with van der Waals surface area (Å²) in [7, 11) is 0. The monoisotopic (exact) mass is 312 g/mol. The molecular formula is C11H12N4O7. The third-order valence-electron chi connectivity index (χ3n) is 2.57. The summed E-state index contributed by atoms with van der Waals surface area (Å²) in [5.74, 6) is -1.26.